The molecule has 4 nitrogen and oxygen atoms in total. The Labute approximate surface area is 157 Å². The third kappa shape index (κ3) is 2.40. The lowest BCUT2D eigenvalue weighted by atomic mass is 9.77. The first-order valence-corrected chi connectivity index (χ1v) is 10.8. The number of amides is 1. The minimum Gasteiger partial charge on any atom is -0.490 e. The predicted octanol–water partition coefficient (Wildman–Crippen LogP) is 3.80. The lowest BCUT2D eigenvalue weighted by Crippen LogP contribution is -2.65. The van der Waals surface area contributed by atoms with E-state index in [1.165, 1.54) is 38.8 Å². The molecule has 2 bridgehead atoms. The summed E-state index contributed by atoms with van der Waals surface area (Å²) in [7, 11) is 0. The Hall–Kier alpha value is -1.59. The molecule has 1 aromatic heterocycles. The highest BCUT2D eigenvalue weighted by atomic mass is 32.1. The summed E-state index contributed by atoms with van der Waals surface area (Å²) in [5, 5.41) is 4.57. The Morgan fingerprint density at radius 3 is 2.69 bits per heavy atom. The smallest absolute Gasteiger partial charge is 0.261 e. The van der Waals surface area contributed by atoms with Crippen LogP contribution < -0.4 is 10.1 Å². The van der Waals surface area contributed by atoms with E-state index in [9.17, 15) is 4.79 Å². The molecule has 1 N–H and O–H groups in total. The first-order chi connectivity index (χ1) is 12.7. The van der Waals surface area contributed by atoms with E-state index in [0.717, 1.165) is 33.6 Å². The second kappa shape index (κ2) is 5.46. The van der Waals surface area contributed by atoms with Crippen molar-refractivity contribution in [2.24, 2.45) is 5.92 Å². The van der Waals surface area contributed by atoms with Gasteiger partial charge >= 0.3 is 0 Å². The molecule has 0 radical (unpaired) electrons. The highest BCUT2D eigenvalue weighted by molar-refractivity contribution is 7.20. The third-order valence-corrected chi connectivity index (χ3v) is 7.91. The van der Waals surface area contributed by atoms with E-state index in [2.05, 4.69) is 22.3 Å². The molecule has 3 aliphatic heterocycles. The Kier molecular flexibility index (Phi) is 3.25. The molecule has 1 spiro atoms. The molecule has 1 atom stereocenters. The topological polar surface area (TPSA) is 41.6 Å². The summed E-state index contributed by atoms with van der Waals surface area (Å²) in [6.07, 6.45) is 7.71. The minimum atomic E-state index is 0.112. The lowest BCUT2D eigenvalue weighted by molar-refractivity contribution is -0.00138. The van der Waals surface area contributed by atoms with Gasteiger partial charge in [-0.2, -0.15) is 0 Å². The van der Waals surface area contributed by atoms with E-state index in [-0.39, 0.29) is 5.91 Å². The van der Waals surface area contributed by atoms with Crippen molar-refractivity contribution in [1.82, 2.24) is 10.2 Å². The molecule has 5 aliphatic rings. The second-order valence-electron chi connectivity index (χ2n) is 8.51. The average Bonchev–Trinajstić information content (AvgIpc) is 3.58. The molecule has 5 heteroatoms. The number of nitrogens with zero attached hydrogens (tertiary/aromatic N) is 1. The summed E-state index contributed by atoms with van der Waals surface area (Å²) in [4.78, 5) is 16.5. The zero-order valence-electron chi connectivity index (χ0n) is 14.9. The summed E-state index contributed by atoms with van der Waals surface area (Å²) >= 11 is 1.59. The molecule has 2 aliphatic carbocycles. The number of benzene rings is 1. The molecular weight excluding hydrogens is 344 g/mol. The van der Waals surface area contributed by atoms with E-state index in [1.807, 2.05) is 12.1 Å². The Morgan fingerprint density at radius 1 is 1.15 bits per heavy atom. The van der Waals surface area contributed by atoms with E-state index < -0.39 is 0 Å². The van der Waals surface area contributed by atoms with Crippen LogP contribution in [0, 0.1) is 5.92 Å². The van der Waals surface area contributed by atoms with Crippen LogP contribution in [0.4, 0.5) is 0 Å². The fourth-order valence-corrected chi connectivity index (χ4v) is 6.10. The summed E-state index contributed by atoms with van der Waals surface area (Å²) in [5.41, 5.74) is 0.290. The van der Waals surface area contributed by atoms with Gasteiger partial charge in [0.2, 0.25) is 0 Å². The van der Waals surface area contributed by atoms with Crippen LogP contribution in [-0.4, -0.2) is 41.6 Å². The van der Waals surface area contributed by atoms with Crippen LogP contribution >= 0.6 is 11.3 Å². The standard InChI is InChI=1S/C21H24N2O2S/c24-20(22-19-13-5-9-23(10-6-13)21(19)7-8-21)18-11-14-1-2-16(12-17(14)26-18)25-15-3-4-15/h1-2,11-13,15,19H,3-10H2,(H,22,24). The number of nitrogens with one attached hydrogen (secondary N) is 1. The highest BCUT2D eigenvalue weighted by Crippen LogP contribution is 2.53. The molecule has 26 heavy (non-hydrogen) atoms. The van der Waals surface area contributed by atoms with Gasteiger partial charge in [-0.25, -0.2) is 0 Å². The summed E-state index contributed by atoms with van der Waals surface area (Å²) < 4.78 is 7.04. The number of rotatable bonds is 4. The number of carbonyl (C=O) groups is 1. The number of hydrogen-bond donors (Lipinski definition) is 1. The Morgan fingerprint density at radius 2 is 1.96 bits per heavy atom. The predicted molar refractivity (Wildman–Crippen MR) is 103 cm³/mol. The van der Waals surface area contributed by atoms with Crippen LogP contribution in [0.3, 0.4) is 0 Å². The first-order valence-electron chi connectivity index (χ1n) is 9.97. The van der Waals surface area contributed by atoms with Gasteiger partial charge in [0.15, 0.2) is 0 Å². The van der Waals surface area contributed by atoms with Crippen molar-refractivity contribution < 1.29 is 9.53 Å². The maximum absolute atomic E-state index is 13.0. The minimum absolute atomic E-state index is 0.112. The first kappa shape index (κ1) is 15.5. The van der Waals surface area contributed by atoms with Crippen molar-refractivity contribution in [2.75, 3.05) is 13.1 Å². The van der Waals surface area contributed by atoms with Crippen LogP contribution in [0.2, 0.25) is 0 Å². The van der Waals surface area contributed by atoms with Gasteiger partial charge < -0.3 is 10.1 Å². The van der Waals surface area contributed by atoms with E-state index >= 15 is 0 Å². The Balaban J connectivity index is 1.24. The van der Waals surface area contributed by atoms with Gasteiger partial charge in [-0.05, 0) is 87.2 Å². The SMILES string of the molecule is O=C(NC1C2CCN(CC2)C12CC2)c1cc2ccc(OC3CC3)cc2s1. The molecule has 2 aromatic rings. The van der Waals surface area contributed by atoms with Crippen molar-refractivity contribution >= 4 is 27.3 Å². The lowest BCUT2D eigenvalue weighted by Gasteiger charge is -2.52. The second-order valence-corrected chi connectivity index (χ2v) is 9.59. The van der Waals surface area contributed by atoms with Gasteiger partial charge in [-0.1, -0.05) is 0 Å². The monoisotopic (exact) mass is 368 g/mol. The van der Waals surface area contributed by atoms with E-state index in [4.69, 9.17) is 4.74 Å². The number of fused-ring (bicyclic) bond motifs is 3. The van der Waals surface area contributed by atoms with Crippen molar-refractivity contribution in [3.8, 4) is 5.75 Å². The van der Waals surface area contributed by atoms with Gasteiger partial charge in [-0.15, -0.1) is 11.3 Å². The van der Waals surface area contributed by atoms with E-state index in [1.54, 1.807) is 11.3 Å². The summed E-state index contributed by atoms with van der Waals surface area (Å²) in [6.45, 7) is 2.45. The number of thiophene rings is 1. The Bertz CT molecular complexity index is 875. The molecule has 7 rings (SSSR count). The van der Waals surface area contributed by atoms with Crippen LogP contribution in [0.25, 0.3) is 10.1 Å². The maximum Gasteiger partial charge on any atom is 0.261 e. The molecule has 1 aromatic carbocycles. The maximum atomic E-state index is 13.0. The number of hydrogen-bond acceptors (Lipinski definition) is 4. The molecule has 4 heterocycles. The molecular formula is C21H24N2O2S. The van der Waals surface area contributed by atoms with Crippen molar-refractivity contribution in [2.45, 2.75) is 56.2 Å². The molecule has 1 unspecified atom stereocenters. The van der Waals surface area contributed by atoms with Crippen molar-refractivity contribution in [3.63, 3.8) is 0 Å². The number of ether oxygens (including phenoxy) is 1. The summed E-state index contributed by atoms with van der Waals surface area (Å²) in [6, 6.07) is 8.58. The zero-order valence-corrected chi connectivity index (χ0v) is 15.7. The highest BCUT2D eigenvalue weighted by Gasteiger charge is 2.60. The fourth-order valence-electron chi connectivity index (χ4n) is 5.11. The third-order valence-electron chi connectivity index (χ3n) is 6.81. The van der Waals surface area contributed by atoms with Gasteiger partial charge in [-0.3, -0.25) is 9.69 Å². The molecule has 5 fully saturated rings. The molecule has 3 saturated heterocycles. The van der Waals surface area contributed by atoms with Crippen LogP contribution in [0.5, 0.6) is 5.75 Å². The number of piperidine rings is 3. The summed E-state index contributed by atoms with van der Waals surface area (Å²) in [5.74, 6) is 1.71. The van der Waals surface area contributed by atoms with Crippen LogP contribution in [-0.2, 0) is 0 Å². The van der Waals surface area contributed by atoms with Gasteiger partial charge in [0.1, 0.15) is 5.75 Å². The van der Waals surface area contributed by atoms with Crippen LogP contribution in [0.15, 0.2) is 24.3 Å². The molecule has 136 valence electrons. The zero-order chi connectivity index (χ0) is 17.3. The van der Waals surface area contributed by atoms with Crippen molar-refractivity contribution in [3.05, 3.63) is 29.1 Å². The average molecular weight is 369 g/mol. The molecule has 2 saturated carbocycles. The van der Waals surface area contributed by atoms with Gasteiger partial charge in [0.05, 0.1) is 17.0 Å². The van der Waals surface area contributed by atoms with Crippen molar-refractivity contribution in [1.29, 1.82) is 0 Å². The largest absolute Gasteiger partial charge is 0.490 e. The molecule has 1 amide bonds. The van der Waals surface area contributed by atoms with Gasteiger partial charge in [0, 0.05) is 10.2 Å². The normalized spacial score (nSPS) is 31.3. The van der Waals surface area contributed by atoms with E-state index in [0.29, 0.717) is 23.6 Å². The number of carbonyl (C=O) groups excluding carboxylic acids is 1. The fraction of sp³-hybridized carbons (Fsp3) is 0.571. The van der Waals surface area contributed by atoms with Gasteiger partial charge in [0.25, 0.3) is 5.91 Å². The van der Waals surface area contributed by atoms with Crippen LogP contribution in [0.1, 0.15) is 48.2 Å². The quantitative estimate of drug-likeness (QED) is 0.892.